The largest absolute Gasteiger partial charge is 0.493 e. The molecule has 2 aromatic heterocycles. The summed E-state index contributed by atoms with van der Waals surface area (Å²) in [5.41, 5.74) is 4.60. The quantitative estimate of drug-likeness (QED) is 0.546. The molecule has 1 amide bonds. The van der Waals surface area contributed by atoms with E-state index in [-0.39, 0.29) is 5.91 Å². The van der Waals surface area contributed by atoms with Crippen molar-refractivity contribution in [2.24, 2.45) is 0 Å². The molecule has 7 heteroatoms. The Balaban J connectivity index is 1.73. The zero-order valence-electron chi connectivity index (χ0n) is 17.3. The fourth-order valence-electron chi connectivity index (χ4n) is 3.34. The Labute approximate surface area is 174 Å². The zero-order chi connectivity index (χ0) is 21.3. The van der Waals surface area contributed by atoms with Crippen molar-refractivity contribution in [3.05, 3.63) is 60.2 Å². The van der Waals surface area contributed by atoms with Crippen LogP contribution >= 0.6 is 0 Å². The number of aromatic amines is 1. The Morgan fingerprint density at radius 3 is 2.47 bits per heavy atom. The van der Waals surface area contributed by atoms with Crippen LogP contribution in [0.15, 0.2) is 54.6 Å². The van der Waals surface area contributed by atoms with E-state index >= 15 is 0 Å². The maximum Gasteiger partial charge on any atom is 0.253 e. The van der Waals surface area contributed by atoms with Crippen LogP contribution in [0.2, 0.25) is 0 Å². The van der Waals surface area contributed by atoms with Crippen LogP contribution in [0.3, 0.4) is 0 Å². The number of fused-ring (bicyclic) bond motifs is 1. The summed E-state index contributed by atoms with van der Waals surface area (Å²) in [6.07, 6.45) is 0. The Bertz CT molecular complexity index is 1230. The number of ether oxygens (including phenoxy) is 2. The highest BCUT2D eigenvalue weighted by atomic mass is 16.5. The van der Waals surface area contributed by atoms with Gasteiger partial charge in [-0.3, -0.25) is 9.89 Å². The van der Waals surface area contributed by atoms with E-state index in [0.717, 1.165) is 27.9 Å². The van der Waals surface area contributed by atoms with Crippen LogP contribution in [0.5, 0.6) is 11.5 Å². The number of carbonyl (C=O) groups excluding carboxylic acids is 1. The highest BCUT2D eigenvalue weighted by Crippen LogP contribution is 2.34. The lowest BCUT2D eigenvalue weighted by molar-refractivity contribution is 0.0827. The summed E-state index contributed by atoms with van der Waals surface area (Å²) >= 11 is 0. The number of nitrogens with zero attached hydrogens (tertiary/aromatic N) is 3. The number of nitrogens with one attached hydrogen (secondary N) is 1. The Morgan fingerprint density at radius 2 is 1.73 bits per heavy atom. The second-order valence-corrected chi connectivity index (χ2v) is 7.02. The van der Waals surface area contributed by atoms with E-state index in [1.54, 1.807) is 39.3 Å². The second kappa shape index (κ2) is 7.87. The van der Waals surface area contributed by atoms with Gasteiger partial charge in [-0.15, -0.1) is 0 Å². The molecule has 152 valence electrons. The summed E-state index contributed by atoms with van der Waals surface area (Å²) in [6.45, 7) is 0. The molecule has 0 aliphatic rings. The molecule has 0 saturated carbocycles. The summed E-state index contributed by atoms with van der Waals surface area (Å²) < 4.78 is 10.7. The molecule has 4 aromatic rings. The van der Waals surface area contributed by atoms with Gasteiger partial charge in [-0.1, -0.05) is 12.1 Å². The first kappa shape index (κ1) is 19.4. The average Bonchev–Trinajstić information content (AvgIpc) is 3.21. The molecule has 0 bridgehead atoms. The van der Waals surface area contributed by atoms with Gasteiger partial charge in [-0.2, -0.15) is 5.10 Å². The third-order valence-corrected chi connectivity index (χ3v) is 4.90. The monoisotopic (exact) mass is 402 g/mol. The van der Waals surface area contributed by atoms with E-state index in [1.165, 1.54) is 0 Å². The lowest BCUT2D eigenvalue weighted by Crippen LogP contribution is -2.21. The molecule has 2 aromatic carbocycles. The van der Waals surface area contributed by atoms with E-state index in [2.05, 4.69) is 10.2 Å². The summed E-state index contributed by atoms with van der Waals surface area (Å²) in [5, 5.41) is 8.35. The predicted octanol–water partition coefficient (Wildman–Crippen LogP) is 4.01. The maximum absolute atomic E-state index is 12.3. The minimum atomic E-state index is -0.0477. The molecule has 1 N–H and O–H groups in total. The first-order valence-electron chi connectivity index (χ1n) is 9.41. The van der Waals surface area contributed by atoms with Gasteiger partial charge in [0.2, 0.25) is 0 Å². The molecule has 0 atom stereocenters. The molecule has 4 rings (SSSR count). The van der Waals surface area contributed by atoms with Crippen LogP contribution < -0.4 is 9.47 Å². The SMILES string of the molecule is COc1ccc(-c2[nH]nc3nc(-c4cccc(C(=O)N(C)C)c4)ccc23)cc1OC. The fourth-order valence-corrected chi connectivity index (χ4v) is 3.34. The maximum atomic E-state index is 12.3. The van der Waals surface area contributed by atoms with Gasteiger partial charge in [0.25, 0.3) is 5.91 Å². The van der Waals surface area contributed by atoms with Gasteiger partial charge in [-0.05, 0) is 42.5 Å². The number of amides is 1. The summed E-state index contributed by atoms with van der Waals surface area (Å²) in [5.74, 6) is 1.26. The third-order valence-electron chi connectivity index (χ3n) is 4.90. The number of pyridine rings is 1. The molecule has 0 fully saturated rings. The summed E-state index contributed by atoms with van der Waals surface area (Å²) in [7, 11) is 6.68. The number of benzene rings is 2. The normalized spacial score (nSPS) is 10.8. The minimum absolute atomic E-state index is 0.0477. The number of H-pyrrole nitrogens is 1. The van der Waals surface area contributed by atoms with Crippen molar-refractivity contribution in [2.75, 3.05) is 28.3 Å². The van der Waals surface area contributed by atoms with Crippen LogP contribution in [0, 0.1) is 0 Å². The smallest absolute Gasteiger partial charge is 0.253 e. The lowest BCUT2D eigenvalue weighted by atomic mass is 10.0. The van der Waals surface area contributed by atoms with Crippen molar-refractivity contribution in [2.45, 2.75) is 0 Å². The van der Waals surface area contributed by atoms with Crippen LogP contribution in [0.4, 0.5) is 0 Å². The highest BCUT2D eigenvalue weighted by molar-refractivity contribution is 5.96. The first-order chi connectivity index (χ1) is 14.5. The zero-order valence-corrected chi connectivity index (χ0v) is 17.3. The molecule has 0 aliphatic carbocycles. The molecule has 0 aliphatic heterocycles. The van der Waals surface area contributed by atoms with E-state index in [0.29, 0.717) is 22.7 Å². The number of rotatable bonds is 5. The van der Waals surface area contributed by atoms with Crippen molar-refractivity contribution in [1.29, 1.82) is 0 Å². The average molecular weight is 402 g/mol. The van der Waals surface area contributed by atoms with Crippen LogP contribution in [0.25, 0.3) is 33.5 Å². The Kier molecular flexibility index (Phi) is 5.10. The number of methoxy groups -OCH3 is 2. The molecule has 0 saturated heterocycles. The van der Waals surface area contributed by atoms with Crippen molar-refractivity contribution >= 4 is 16.9 Å². The van der Waals surface area contributed by atoms with Crippen molar-refractivity contribution < 1.29 is 14.3 Å². The molecule has 30 heavy (non-hydrogen) atoms. The molecule has 0 unspecified atom stereocenters. The van der Waals surface area contributed by atoms with E-state index in [1.807, 2.05) is 48.5 Å². The predicted molar refractivity (Wildman–Crippen MR) is 116 cm³/mol. The highest BCUT2D eigenvalue weighted by Gasteiger charge is 2.14. The standard InChI is InChI=1S/C23H22N4O3/c1-27(2)23(28)16-7-5-6-14(12-16)18-10-9-17-21(25-26-22(17)24-18)15-8-11-19(29-3)20(13-15)30-4/h5-13H,1-4H3,(H,24,25,26). The Hall–Kier alpha value is -3.87. The topological polar surface area (TPSA) is 80.3 Å². The summed E-state index contributed by atoms with van der Waals surface area (Å²) in [4.78, 5) is 18.5. The minimum Gasteiger partial charge on any atom is -0.493 e. The number of carbonyl (C=O) groups is 1. The molecule has 7 nitrogen and oxygen atoms in total. The Morgan fingerprint density at radius 1 is 0.933 bits per heavy atom. The van der Waals surface area contributed by atoms with Crippen LogP contribution in [-0.2, 0) is 0 Å². The third kappa shape index (κ3) is 3.45. The van der Waals surface area contributed by atoms with Crippen LogP contribution in [0.1, 0.15) is 10.4 Å². The molecule has 2 heterocycles. The van der Waals surface area contributed by atoms with Crippen molar-refractivity contribution in [3.63, 3.8) is 0 Å². The molecule has 0 spiro atoms. The van der Waals surface area contributed by atoms with E-state index < -0.39 is 0 Å². The van der Waals surface area contributed by atoms with Gasteiger partial charge < -0.3 is 14.4 Å². The van der Waals surface area contributed by atoms with Gasteiger partial charge in [-0.25, -0.2) is 4.98 Å². The van der Waals surface area contributed by atoms with Gasteiger partial charge >= 0.3 is 0 Å². The summed E-state index contributed by atoms with van der Waals surface area (Å²) in [6, 6.07) is 17.0. The fraction of sp³-hybridized carbons (Fsp3) is 0.174. The number of hydrogen-bond donors (Lipinski definition) is 1. The number of aromatic nitrogens is 3. The van der Waals surface area contributed by atoms with Crippen molar-refractivity contribution in [1.82, 2.24) is 20.1 Å². The molecule has 0 radical (unpaired) electrons. The number of hydrogen-bond acceptors (Lipinski definition) is 5. The van der Waals surface area contributed by atoms with Gasteiger partial charge in [0.1, 0.15) is 0 Å². The molecular formula is C23H22N4O3. The van der Waals surface area contributed by atoms with E-state index in [4.69, 9.17) is 14.5 Å². The van der Waals surface area contributed by atoms with Crippen molar-refractivity contribution in [3.8, 4) is 34.0 Å². The second-order valence-electron chi connectivity index (χ2n) is 7.02. The van der Waals surface area contributed by atoms with Crippen LogP contribution in [-0.4, -0.2) is 54.3 Å². The van der Waals surface area contributed by atoms with Gasteiger partial charge in [0, 0.05) is 36.2 Å². The van der Waals surface area contributed by atoms with E-state index in [9.17, 15) is 4.79 Å². The van der Waals surface area contributed by atoms with Gasteiger partial charge in [0.15, 0.2) is 17.1 Å². The lowest BCUT2D eigenvalue weighted by Gasteiger charge is -2.11. The molecular weight excluding hydrogens is 380 g/mol. The first-order valence-corrected chi connectivity index (χ1v) is 9.41. The van der Waals surface area contributed by atoms with Gasteiger partial charge in [0.05, 0.1) is 25.6 Å².